The molecule has 0 aliphatic carbocycles. The van der Waals surface area contributed by atoms with Gasteiger partial charge in [0, 0.05) is 18.7 Å². The molecule has 1 fully saturated rings. The number of carbonyl (C=O) groups is 1. The summed E-state index contributed by atoms with van der Waals surface area (Å²) in [5, 5.41) is 6.32. The van der Waals surface area contributed by atoms with Crippen LogP contribution in [0.4, 0.5) is 11.4 Å². The van der Waals surface area contributed by atoms with Crippen LogP contribution in [0.5, 0.6) is 5.75 Å². The van der Waals surface area contributed by atoms with E-state index in [1.54, 1.807) is 7.11 Å². The molecule has 1 saturated heterocycles. The number of methoxy groups -OCH3 is 1. The zero-order chi connectivity index (χ0) is 13.7. The summed E-state index contributed by atoms with van der Waals surface area (Å²) in [7, 11) is 1.66. The molecule has 0 atom stereocenters. The molecule has 1 heterocycles. The SMILES string of the molecule is COc1ccc(NC(C)=O)cc1NC1CCSCC1. The zero-order valence-electron chi connectivity index (χ0n) is 11.4. The number of carbonyl (C=O) groups excluding carboxylic acids is 1. The highest BCUT2D eigenvalue weighted by molar-refractivity contribution is 7.99. The lowest BCUT2D eigenvalue weighted by molar-refractivity contribution is -0.114. The summed E-state index contributed by atoms with van der Waals surface area (Å²) in [4.78, 5) is 11.1. The fraction of sp³-hybridized carbons (Fsp3) is 0.500. The minimum Gasteiger partial charge on any atom is -0.495 e. The summed E-state index contributed by atoms with van der Waals surface area (Å²) in [5.74, 6) is 3.15. The number of rotatable bonds is 4. The lowest BCUT2D eigenvalue weighted by Crippen LogP contribution is -2.24. The van der Waals surface area contributed by atoms with E-state index < -0.39 is 0 Å². The van der Waals surface area contributed by atoms with E-state index >= 15 is 0 Å². The standard InChI is InChI=1S/C14H20N2O2S/c1-10(17)15-12-3-4-14(18-2)13(9-12)16-11-5-7-19-8-6-11/h3-4,9,11,16H,5-8H2,1-2H3,(H,15,17). The van der Waals surface area contributed by atoms with Gasteiger partial charge in [-0.05, 0) is 42.5 Å². The summed E-state index contributed by atoms with van der Waals surface area (Å²) >= 11 is 2.00. The third-order valence-corrected chi connectivity index (χ3v) is 4.15. The molecule has 19 heavy (non-hydrogen) atoms. The molecule has 1 aliphatic rings. The van der Waals surface area contributed by atoms with E-state index in [1.807, 2.05) is 30.0 Å². The van der Waals surface area contributed by atoms with Gasteiger partial charge in [-0.1, -0.05) is 0 Å². The third kappa shape index (κ3) is 4.06. The largest absolute Gasteiger partial charge is 0.495 e. The number of hydrogen-bond donors (Lipinski definition) is 2. The number of ether oxygens (including phenoxy) is 1. The van der Waals surface area contributed by atoms with Crippen molar-refractivity contribution in [2.24, 2.45) is 0 Å². The number of nitrogens with one attached hydrogen (secondary N) is 2. The van der Waals surface area contributed by atoms with Crippen LogP contribution in [-0.2, 0) is 4.79 Å². The number of anilines is 2. The van der Waals surface area contributed by atoms with Crippen LogP contribution in [0.25, 0.3) is 0 Å². The maximum Gasteiger partial charge on any atom is 0.221 e. The van der Waals surface area contributed by atoms with Crippen LogP contribution >= 0.6 is 11.8 Å². The van der Waals surface area contributed by atoms with Crippen molar-refractivity contribution in [2.75, 3.05) is 29.2 Å². The first-order valence-electron chi connectivity index (χ1n) is 6.49. The molecule has 0 spiro atoms. The van der Waals surface area contributed by atoms with Gasteiger partial charge in [0.25, 0.3) is 0 Å². The molecule has 104 valence electrons. The minimum atomic E-state index is -0.0646. The highest BCUT2D eigenvalue weighted by Crippen LogP contribution is 2.30. The van der Waals surface area contributed by atoms with E-state index in [0.29, 0.717) is 6.04 Å². The molecule has 1 aromatic carbocycles. The monoisotopic (exact) mass is 280 g/mol. The summed E-state index contributed by atoms with van der Waals surface area (Å²) in [5.41, 5.74) is 1.74. The molecule has 1 amide bonds. The lowest BCUT2D eigenvalue weighted by atomic mass is 10.1. The van der Waals surface area contributed by atoms with E-state index in [1.165, 1.54) is 18.4 Å². The number of hydrogen-bond acceptors (Lipinski definition) is 4. The molecule has 0 saturated carbocycles. The third-order valence-electron chi connectivity index (χ3n) is 3.10. The van der Waals surface area contributed by atoms with E-state index in [4.69, 9.17) is 4.74 Å². The normalized spacial score (nSPS) is 15.9. The Morgan fingerprint density at radius 3 is 2.74 bits per heavy atom. The molecule has 0 aromatic heterocycles. The molecule has 0 unspecified atom stereocenters. The van der Waals surface area contributed by atoms with Gasteiger partial charge in [0.1, 0.15) is 5.75 Å². The Morgan fingerprint density at radius 1 is 1.37 bits per heavy atom. The first kappa shape index (κ1) is 14.1. The fourth-order valence-corrected chi connectivity index (χ4v) is 3.27. The fourth-order valence-electron chi connectivity index (χ4n) is 2.16. The predicted molar refractivity (Wildman–Crippen MR) is 81.3 cm³/mol. The predicted octanol–water partition coefficient (Wildman–Crippen LogP) is 2.96. The second kappa shape index (κ2) is 6.70. The van der Waals surface area contributed by atoms with Gasteiger partial charge in [0.2, 0.25) is 5.91 Å². The molecule has 2 rings (SSSR count). The molecular weight excluding hydrogens is 260 g/mol. The van der Waals surface area contributed by atoms with Crippen LogP contribution in [0.1, 0.15) is 19.8 Å². The van der Waals surface area contributed by atoms with Gasteiger partial charge >= 0.3 is 0 Å². The van der Waals surface area contributed by atoms with Gasteiger partial charge in [0.15, 0.2) is 0 Å². The molecule has 2 N–H and O–H groups in total. The van der Waals surface area contributed by atoms with Crippen molar-refractivity contribution in [1.82, 2.24) is 0 Å². The summed E-state index contributed by atoms with van der Waals surface area (Å²) in [6, 6.07) is 6.15. The number of benzene rings is 1. The Bertz CT molecular complexity index is 445. The Kier molecular flexibility index (Phi) is 4.96. The molecule has 0 bridgehead atoms. The van der Waals surface area contributed by atoms with Crippen LogP contribution in [0.2, 0.25) is 0 Å². The molecule has 0 radical (unpaired) electrons. The maximum atomic E-state index is 11.1. The smallest absolute Gasteiger partial charge is 0.221 e. The van der Waals surface area contributed by atoms with Crippen LogP contribution in [0.3, 0.4) is 0 Å². The van der Waals surface area contributed by atoms with E-state index in [9.17, 15) is 4.79 Å². The Balaban J connectivity index is 2.12. The number of amides is 1. The zero-order valence-corrected chi connectivity index (χ0v) is 12.2. The van der Waals surface area contributed by atoms with Crippen molar-refractivity contribution in [3.8, 4) is 5.75 Å². The van der Waals surface area contributed by atoms with Gasteiger partial charge < -0.3 is 15.4 Å². The van der Waals surface area contributed by atoms with Gasteiger partial charge in [-0.3, -0.25) is 4.79 Å². The lowest BCUT2D eigenvalue weighted by Gasteiger charge is -2.25. The summed E-state index contributed by atoms with van der Waals surface area (Å²) in [6.07, 6.45) is 2.33. The van der Waals surface area contributed by atoms with Crippen LogP contribution in [0.15, 0.2) is 18.2 Å². The first-order chi connectivity index (χ1) is 9.19. The topological polar surface area (TPSA) is 50.4 Å². The molecule has 4 nitrogen and oxygen atoms in total. The van der Waals surface area contributed by atoms with Crippen LogP contribution in [-0.4, -0.2) is 30.6 Å². The quantitative estimate of drug-likeness (QED) is 0.890. The Hall–Kier alpha value is -1.36. The molecule has 1 aliphatic heterocycles. The average Bonchev–Trinajstić information content (AvgIpc) is 2.39. The van der Waals surface area contributed by atoms with Gasteiger partial charge in [-0.2, -0.15) is 11.8 Å². The highest BCUT2D eigenvalue weighted by atomic mass is 32.2. The van der Waals surface area contributed by atoms with Crippen LogP contribution in [0, 0.1) is 0 Å². The van der Waals surface area contributed by atoms with Gasteiger partial charge in [-0.15, -0.1) is 0 Å². The first-order valence-corrected chi connectivity index (χ1v) is 7.64. The van der Waals surface area contributed by atoms with Gasteiger partial charge in [0.05, 0.1) is 12.8 Å². The van der Waals surface area contributed by atoms with E-state index in [-0.39, 0.29) is 5.91 Å². The van der Waals surface area contributed by atoms with Crippen molar-refractivity contribution in [2.45, 2.75) is 25.8 Å². The Labute approximate surface area is 118 Å². The maximum absolute atomic E-state index is 11.1. The highest BCUT2D eigenvalue weighted by Gasteiger charge is 2.15. The van der Waals surface area contributed by atoms with E-state index in [2.05, 4.69) is 10.6 Å². The average molecular weight is 280 g/mol. The summed E-state index contributed by atoms with van der Waals surface area (Å²) < 4.78 is 5.37. The molecule has 5 heteroatoms. The van der Waals surface area contributed by atoms with Gasteiger partial charge in [-0.25, -0.2) is 0 Å². The summed E-state index contributed by atoms with van der Waals surface area (Å²) in [6.45, 7) is 1.51. The Morgan fingerprint density at radius 2 is 2.11 bits per heavy atom. The van der Waals surface area contributed by atoms with Crippen molar-refractivity contribution >= 4 is 29.0 Å². The van der Waals surface area contributed by atoms with Crippen LogP contribution < -0.4 is 15.4 Å². The van der Waals surface area contributed by atoms with Crippen molar-refractivity contribution in [3.63, 3.8) is 0 Å². The van der Waals surface area contributed by atoms with Crippen molar-refractivity contribution < 1.29 is 9.53 Å². The second-order valence-corrected chi connectivity index (χ2v) is 5.85. The second-order valence-electron chi connectivity index (χ2n) is 4.63. The number of thioether (sulfide) groups is 1. The van der Waals surface area contributed by atoms with E-state index in [0.717, 1.165) is 30.0 Å². The minimum absolute atomic E-state index is 0.0646. The molecular formula is C14H20N2O2S. The van der Waals surface area contributed by atoms with Crippen molar-refractivity contribution in [1.29, 1.82) is 0 Å². The molecule has 1 aromatic rings. The van der Waals surface area contributed by atoms with Crippen molar-refractivity contribution in [3.05, 3.63) is 18.2 Å².